The van der Waals surface area contributed by atoms with E-state index in [9.17, 15) is 4.79 Å². The molecule has 0 saturated heterocycles. The second kappa shape index (κ2) is 6.50. The molecule has 0 bridgehead atoms. The molecule has 4 nitrogen and oxygen atoms in total. The second-order valence-corrected chi connectivity index (χ2v) is 3.48. The number of carbonyl (C=O) groups is 1. The molecule has 1 rings (SSSR count). The smallest absolute Gasteiger partial charge is 0.319 e. The molecular weight excluding hydrogens is 237 g/mol. The molecule has 82 valence electrons. The number of rotatable bonds is 4. The van der Waals surface area contributed by atoms with Gasteiger partial charge < -0.3 is 10.6 Å². The van der Waals surface area contributed by atoms with E-state index in [1.54, 1.807) is 24.3 Å². The number of anilines is 1. The zero-order chi connectivity index (χ0) is 11.1. The lowest BCUT2D eigenvalue weighted by molar-refractivity contribution is 0.252. The first-order valence-electron chi connectivity index (χ1n) is 4.36. The number of nitrogens with one attached hydrogen (secondary N) is 3. The molecule has 0 aliphatic heterocycles. The molecule has 6 heteroatoms. The Morgan fingerprint density at radius 1 is 1.33 bits per heavy atom. The molecule has 1 aromatic carbocycles. The first-order valence-corrected chi connectivity index (χ1v) is 5.12. The summed E-state index contributed by atoms with van der Waals surface area (Å²) in [6.45, 7) is 0.959. The van der Waals surface area contributed by atoms with Gasteiger partial charge in [0.25, 0.3) is 0 Å². The lowest BCUT2D eigenvalue weighted by Gasteiger charge is -2.06. The number of benzene rings is 1. The van der Waals surface area contributed by atoms with Crippen molar-refractivity contribution in [3.05, 3.63) is 29.3 Å². The summed E-state index contributed by atoms with van der Waals surface area (Å²) in [7, 11) is 0. The van der Waals surface area contributed by atoms with Gasteiger partial charge in [0.15, 0.2) is 0 Å². The Morgan fingerprint density at radius 3 is 2.80 bits per heavy atom. The van der Waals surface area contributed by atoms with Crippen LogP contribution >= 0.6 is 23.4 Å². The molecule has 0 unspecified atom stereocenters. The largest absolute Gasteiger partial charge is 0.337 e. The van der Waals surface area contributed by atoms with E-state index in [1.165, 1.54) is 0 Å². The average Bonchev–Trinajstić information content (AvgIpc) is 2.18. The molecule has 0 aromatic heterocycles. The molecule has 0 spiro atoms. The number of urea groups is 1. The molecule has 0 fully saturated rings. The Labute approximate surface area is 98.1 Å². The van der Waals surface area contributed by atoms with Crippen molar-refractivity contribution in [3.63, 3.8) is 0 Å². The van der Waals surface area contributed by atoms with Crippen LogP contribution in [-0.4, -0.2) is 19.1 Å². The minimum atomic E-state index is -0.288. The van der Waals surface area contributed by atoms with E-state index in [2.05, 4.69) is 15.5 Å². The molecule has 0 heterocycles. The van der Waals surface area contributed by atoms with Crippen molar-refractivity contribution in [3.8, 4) is 0 Å². The third kappa shape index (κ3) is 4.88. The third-order valence-corrected chi connectivity index (χ3v) is 2.01. The SMILES string of the molecule is O=C(NCCNCl)Nc1cccc(Cl)c1. The number of halogens is 2. The van der Waals surface area contributed by atoms with Crippen molar-refractivity contribution >= 4 is 35.1 Å². The van der Waals surface area contributed by atoms with Crippen molar-refractivity contribution in [2.45, 2.75) is 0 Å². The molecule has 2 amide bonds. The normalized spacial score (nSPS) is 9.73. The maximum absolute atomic E-state index is 11.3. The lowest BCUT2D eigenvalue weighted by Crippen LogP contribution is -2.32. The van der Waals surface area contributed by atoms with E-state index in [0.717, 1.165) is 0 Å². The van der Waals surface area contributed by atoms with Crippen LogP contribution in [-0.2, 0) is 0 Å². The molecule has 1 aromatic rings. The van der Waals surface area contributed by atoms with Crippen LogP contribution in [0.4, 0.5) is 10.5 Å². The van der Waals surface area contributed by atoms with Gasteiger partial charge in [-0.25, -0.2) is 9.63 Å². The fourth-order valence-electron chi connectivity index (χ4n) is 0.965. The number of amides is 2. The Balaban J connectivity index is 2.37. The summed E-state index contributed by atoms with van der Waals surface area (Å²) in [5, 5.41) is 5.83. The van der Waals surface area contributed by atoms with Crippen LogP contribution in [0.2, 0.25) is 5.02 Å². The van der Waals surface area contributed by atoms with Gasteiger partial charge >= 0.3 is 6.03 Å². The molecule has 0 aliphatic rings. The van der Waals surface area contributed by atoms with Crippen LogP contribution in [0.5, 0.6) is 0 Å². The highest BCUT2D eigenvalue weighted by Crippen LogP contribution is 2.14. The molecule has 0 saturated carbocycles. The molecule has 0 aliphatic carbocycles. The van der Waals surface area contributed by atoms with Crippen molar-refractivity contribution in [1.82, 2.24) is 10.2 Å². The quantitative estimate of drug-likeness (QED) is 0.565. The van der Waals surface area contributed by atoms with Gasteiger partial charge in [-0.05, 0) is 30.0 Å². The molecule has 0 radical (unpaired) electrons. The van der Waals surface area contributed by atoms with Crippen molar-refractivity contribution in [1.29, 1.82) is 0 Å². The number of hydrogen-bond acceptors (Lipinski definition) is 2. The Kier molecular flexibility index (Phi) is 5.25. The summed E-state index contributed by atoms with van der Waals surface area (Å²) < 4.78 is 0. The Bertz CT molecular complexity index is 333. The average molecular weight is 248 g/mol. The van der Waals surface area contributed by atoms with Crippen LogP contribution in [0.25, 0.3) is 0 Å². The lowest BCUT2D eigenvalue weighted by atomic mass is 10.3. The summed E-state index contributed by atoms with van der Waals surface area (Å²) >= 11 is 11.0. The zero-order valence-corrected chi connectivity index (χ0v) is 9.40. The van der Waals surface area contributed by atoms with Gasteiger partial charge in [-0.3, -0.25) is 0 Å². The summed E-state index contributed by atoms with van der Waals surface area (Å²) in [6, 6.07) is 6.64. The van der Waals surface area contributed by atoms with Crippen LogP contribution in [0, 0.1) is 0 Å². The molecule has 15 heavy (non-hydrogen) atoms. The van der Waals surface area contributed by atoms with Crippen LogP contribution in [0.15, 0.2) is 24.3 Å². The molecule has 3 N–H and O–H groups in total. The highest BCUT2D eigenvalue weighted by atomic mass is 35.5. The first kappa shape index (κ1) is 12.1. The highest BCUT2D eigenvalue weighted by Gasteiger charge is 2.00. The van der Waals surface area contributed by atoms with Gasteiger partial charge in [-0.15, -0.1) is 0 Å². The van der Waals surface area contributed by atoms with Crippen LogP contribution in [0.1, 0.15) is 0 Å². The van der Waals surface area contributed by atoms with E-state index in [4.69, 9.17) is 23.4 Å². The zero-order valence-electron chi connectivity index (χ0n) is 7.89. The monoisotopic (exact) mass is 247 g/mol. The maximum Gasteiger partial charge on any atom is 0.319 e. The summed E-state index contributed by atoms with van der Waals surface area (Å²) in [6.07, 6.45) is 0. The van der Waals surface area contributed by atoms with Crippen LogP contribution in [0.3, 0.4) is 0 Å². The van der Waals surface area contributed by atoms with Gasteiger partial charge in [0.05, 0.1) is 0 Å². The second-order valence-electron chi connectivity index (χ2n) is 2.77. The predicted octanol–water partition coefficient (Wildman–Crippen LogP) is 2.20. The molecular formula is C9H11Cl2N3O. The molecule has 0 atom stereocenters. The van der Waals surface area contributed by atoms with Gasteiger partial charge in [-0.1, -0.05) is 17.7 Å². The van der Waals surface area contributed by atoms with Crippen molar-refractivity contribution in [2.24, 2.45) is 0 Å². The van der Waals surface area contributed by atoms with E-state index in [-0.39, 0.29) is 6.03 Å². The number of hydrogen-bond donors (Lipinski definition) is 3. The van der Waals surface area contributed by atoms with Crippen molar-refractivity contribution in [2.75, 3.05) is 18.4 Å². The Morgan fingerprint density at radius 2 is 2.13 bits per heavy atom. The standard InChI is InChI=1S/C9H11Cl2N3O/c10-7-2-1-3-8(6-7)14-9(15)12-4-5-13-11/h1-3,6,13H,4-5H2,(H2,12,14,15). The maximum atomic E-state index is 11.3. The van der Waals surface area contributed by atoms with Gasteiger partial charge in [0.1, 0.15) is 0 Å². The van der Waals surface area contributed by atoms with Gasteiger partial charge in [0, 0.05) is 23.8 Å². The topological polar surface area (TPSA) is 53.2 Å². The fraction of sp³-hybridized carbons (Fsp3) is 0.222. The van der Waals surface area contributed by atoms with Crippen molar-refractivity contribution < 1.29 is 4.79 Å². The van der Waals surface area contributed by atoms with E-state index >= 15 is 0 Å². The minimum absolute atomic E-state index is 0.288. The summed E-state index contributed by atoms with van der Waals surface area (Å²) in [4.78, 5) is 13.7. The summed E-state index contributed by atoms with van der Waals surface area (Å²) in [5.41, 5.74) is 0.652. The van der Waals surface area contributed by atoms with Gasteiger partial charge in [-0.2, -0.15) is 0 Å². The minimum Gasteiger partial charge on any atom is -0.337 e. The van der Waals surface area contributed by atoms with Gasteiger partial charge in [0.2, 0.25) is 0 Å². The van der Waals surface area contributed by atoms with E-state index in [1.807, 2.05) is 0 Å². The first-order chi connectivity index (χ1) is 7.22. The van der Waals surface area contributed by atoms with E-state index < -0.39 is 0 Å². The van der Waals surface area contributed by atoms with Crippen LogP contribution < -0.4 is 15.5 Å². The highest BCUT2D eigenvalue weighted by molar-refractivity contribution is 6.30. The van der Waals surface area contributed by atoms with E-state index in [0.29, 0.717) is 23.8 Å². The third-order valence-electron chi connectivity index (χ3n) is 1.59. The predicted molar refractivity (Wildman–Crippen MR) is 62.3 cm³/mol. The fourth-order valence-corrected chi connectivity index (χ4v) is 1.25. The Hall–Kier alpha value is -0.970. The number of carbonyl (C=O) groups excluding carboxylic acids is 1. The summed E-state index contributed by atoms with van der Waals surface area (Å²) in [5.74, 6) is 0.